The standard InChI is InChI=1S/C14H15NO3/c1-14(13(17)18)7-10-8-5-3-4-6-9(8)11(14)15(2)12(10)16/h3-6,10-11H,7H2,1-2H3,(H,17,18)/t10-,11?,14+/m1/s1. The van der Waals surface area contributed by atoms with E-state index >= 15 is 0 Å². The highest BCUT2D eigenvalue weighted by molar-refractivity contribution is 5.91. The van der Waals surface area contributed by atoms with Crippen LogP contribution in [0.25, 0.3) is 0 Å². The summed E-state index contributed by atoms with van der Waals surface area (Å²) in [7, 11) is 1.70. The van der Waals surface area contributed by atoms with Crippen LogP contribution in [0.3, 0.4) is 0 Å². The van der Waals surface area contributed by atoms with Crippen LogP contribution in [-0.4, -0.2) is 28.9 Å². The number of carbonyl (C=O) groups is 2. The number of aliphatic carboxylic acids is 1. The van der Waals surface area contributed by atoms with E-state index in [1.54, 1.807) is 18.9 Å². The van der Waals surface area contributed by atoms with Crippen LogP contribution in [0.2, 0.25) is 0 Å². The Balaban J connectivity index is 2.25. The molecule has 0 aromatic heterocycles. The summed E-state index contributed by atoms with van der Waals surface area (Å²) in [4.78, 5) is 25.4. The van der Waals surface area contributed by atoms with E-state index in [-0.39, 0.29) is 17.9 Å². The average molecular weight is 245 g/mol. The summed E-state index contributed by atoms with van der Waals surface area (Å²) < 4.78 is 0. The highest BCUT2D eigenvalue weighted by atomic mass is 16.4. The number of nitrogens with zero attached hydrogens (tertiary/aromatic N) is 1. The second-order valence-corrected chi connectivity index (χ2v) is 5.46. The Hall–Kier alpha value is -1.84. The molecule has 0 radical (unpaired) electrons. The summed E-state index contributed by atoms with van der Waals surface area (Å²) in [5, 5.41) is 9.51. The Kier molecular flexibility index (Phi) is 2.09. The number of amides is 1. The summed E-state index contributed by atoms with van der Waals surface area (Å²) >= 11 is 0. The van der Waals surface area contributed by atoms with Gasteiger partial charge >= 0.3 is 5.97 Å². The molecule has 1 aromatic rings. The number of hydrogen-bond acceptors (Lipinski definition) is 2. The van der Waals surface area contributed by atoms with Gasteiger partial charge in [-0.3, -0.25) is 9.59 Å². The number of benzene rings is 1. The van der Waals surface area contributed by atoms with Gasteiger partial charge in [0.2, 0.25) is 5.91 Å². The molecule has 18 heavy (non-hydrogen) atoms. The fourth-order valence-corrected chi connectivity index (χ4v) is 3.50. The second kappa shape index (κ2) is 3.34. The van der Waals surface area contributed by atoms with Crippen molar-refractivity contribution in [1.29, 1.82) is 0 Å². The molecular formula is C14H15NO3. The maximum Gasteiger partial charge on any atom is 0.311 e. The smallest absolute Gasteiger partial charge is 0.311 e. The molecule has 4 heteroatoms. The summed E-state index contributed by atoms with van der Waals surface area (Å²) in [5.74, 6) is -1.10. The fraction of sp³-hybridized carbons (Fsp3) is 0.429. The minimum atomic E-state index is -0.887. The van der Waals surface area contributed by atoms with E-state index in [9.17, 15) is 14.7 Å². The van der Waals surface area contributed by atoms with E-state index in [4.69, 9.17) is 0 Å². The number of hydrogen-bond donors (Lipinski definition) is 1. The molecule has 1 fully saturated rings. The van der Waals surface area contributed by atoms with Crippen LogP contribution in [0, 0.1) is 5.41 Å². The molecule has 1 saturated heterocycles. The molecule has 1 aliphatic carbocycles. The van der Waals surface area contributed by atoms with Gasteiger partial charge in [0.25, 0.3) is 0 Å². The Labute approximate surface area is 105 Å². The highest BCUT2D eigenvalue weighted by Crippen LogP contribution is 2.56. The summed E-state index contributed by atoms with van der Waals surface area (Å²) in [6.45, 7) is 1.74. The van der Waals surface area contributed by atoms with Gasteiger partial charge in [-0.25, -0.2) is 0 Å². The lowest BCUT2D eigenvalue weighted by Gasteiger charge is -2.52. The van der Waals surface area contributed by atoms with Crippen molar-refractivity contribution in [3.63, 3.8) is 0 Å². The van der Waals surface area contributed by atoms with Crippen LogP contribution in [0.4, 0.5) is 0 Å². The molecule has 4 rings (SSSR count). The van der Waals surface area contributed by atoms with Crippen molar-refractivity contribution in [3.8, 4) is 0 Å². The van der Waals surface area contributed by atoms with Gasteiger partial charge in [0, 0.05) is 7.05 Å². The zero-order valence-corrected chi connectivity index (χ0v) is 10.4. The molecule has 2 aliphatic heterocycles. The Bertz CT molecular complexity index is 554. The minimum Gasteiger partial charge on any atom is -0.481 e. The molecular weight excluding hydrogens is 230 g/mol. The van der Waals surface area contributed by atoms with Crippen LogP contribution in [0.5, 0.6) is 0 Å². The normalized spacial score (nSPS) is 33.4. The predicted octanol–water partition coefficient (Wildman–Crippen LogP) is 1.78. The van der Waals surface area contributed by atoms with Crippen molar-refractivity contribution in [2.24, 2.45) is 5.41 Å². The average Bonchev–Trinajstić information content (AvgIpc) is 2.34. The number of rotatable bonds is 1. The molecule has 1 unspecified atom stereocenters. The first-order chi connectivity index (χ1) is 8.47. The van der Waals surface area contributed by atoms with Crippen molar-refractivity contribution in [3.05, 3.63) is 35.4 Å². The molecule has 1 aromatic carbocycles. The largest absolute Gasteiger partial charge is 0.481 e. The van der Waals surface area contributed by atoms with Crippen LogP contribution >= 0.6 is 0 Å². The first kappa shape index (κ1) is 11.3. The third kappa shape index (κ3) is 1.15. The van der Waals surface area contributed by atoms with Gasteiger partial charge in [0.1, 0.15) is 0 Å². The second-order valence-electron chi connectivity index (χ2n) is 5.46. The number of fused-ring (bicyclic) bond motifs is 2. The maximum absolute atomic E-state index is 12.2. The Morgan fingerprint density at radius 1 is 1.39 bits per heavy atom. The Morgan fingerprint density at radius 2 is 2.00 bits per heavy atom. The summed E-state index contributed by atoms with van der Waals surface area (Å²) in [5.41, 5.74) is 1.10. The zero-order valence-electron chi connectivity index (χ0n) is 10.4. The van der Waals surface area contributed by atoms with Gasteiger partial charge in [0.05, 0.1) is 17.4 Å². The highest BCUT2D eigenvalue weighted by Gasteiger charge is 2.57. The molecule has 2 heterocycles. The minimum absolute atomic E-state index is 0.0393. The van der Waals surface area contributed by atoms with E-state index in [0.29, 0.717) is 6.42 Å². The lowest BCUT2D eigenvalue weighted by Crippen LogP contribution is -2.56. The predicted molar refractivity (Wildman–Crippen MR) is 65.1 cm³/mol. The van der Waals surface area contributed by atoms with Gasteiger partial charge in [0.15, 0.2) is 0 Å². The van der Waals surface area contributed by atoms with Gasteiger partial charge < -0.3 is 10.0 Å². The van der Waals surface area contributed by atoms with Crippen molar-refractivity contribution in [2.75, 3.05) is 7.05 Å². The van der Waals surface area contributed by atoms with E-state index in [1.165, 1.54) is 0 Å². The Morgan fingerprint density at radius 3 is 2.61 bits per heavy atom. The van der Waals surface area contributed by atoms with Crippen molar-refractivity contribution in [2.45, 2.75) is 25.3 Å². The first-order valence-electron chi connectivity index (χ1n) is 6.05. The third-order valence-electron chi connectivity index (χ3n) is 4.42. The van der Waals surface area contributed by atoms with Crippen molar-refractivity contribution < 1.29 is 14.7 Å². The molecule has 2 bridgehead atoms. The van der Waals surface area contributed by atoms with Crippen LogP contribution in [0.1, 0.15) is 36.4 Å². The molecule has 3 atom stereocenters. The lowest BCUT2D eigenvalue weighted by molar-refractivity contribution is -0.164. The molecule has 0 saturated carbocycles. The lowest BCUT2D eigenvalue weighted by atomic mass is 9.61. The molecule has 3 aliphatic rings. The van der Waals surface area contributed by atoms with Crippen LogP contribution < -0.4 is 0 Å². The SMILES string of the molecule is CN1C(=O)[C@@H]2C[C@](C)(C(=O)O)C1c1ccccc12. The first-order valence-corrected chi connectivity index (χ1v) is 6.05. The van der Waals surface area contributed by atoms with Gasteiger partial charge in [-0.1, -0.05) is 24.3 Å². The van der Waals surface area contributed by atoms with Crippen molar-refractivity contribution in [1.82, 2.24) is 4.90 Å². The number of piperidine rings is 1. The number of carboxylic acid groups (broad SMARTS) is 1. The topological polar surface area (TPSA) is 57.6 Å². The number of carbonyl (C=O) groups excluding carboxylic acids is 1. The van der Waals surface area contributed by atoms with Crippen LogP contribution in [-0.2, 0) is 9.59 Å². The monoisotopic (exact) mass is 245 g/mol. The molecule has 4 nitrogen and oxygen atoms in total. The van der Waals surface area contributed by atoms with Gasteiger partial charge in [-0.2, -0.15) is 0 Å². The fourth-order valence-electron chi connectivity index (χ4n) is 3.50. The van der Waals surface area contributed by atoms with Gasteiger partial charge in [-0.15, -0.1) is 0 Å². The zero-order chi connectivity index (χ0) is 13.1. The summed E-state index contributed by atoms with van der Waals surface area (Å²) in [6, 6.07) is 7.34. The maximum atomic E-state index is 12.2. The van der Waals surface area contributed by atoms with E-state index in [1.807, 2.05) is 24.3 Å². The number of likely N-dealkylation sites (N-methyl/N-ethyl adjacent to an activating group) is 1. The molecule has 0 spiro atoms. The van der Waals surface area contributed by atoms with Crippen LogP contribution in [0.15, 0.2) is 24.3 Å². The molecule has 1 amide bonds. The quantitative estimate of drug-likeness (QED) is 0.820. The van der Waals surface area contributed by atoms with Gasteiger partial charge in [-0.05, 0) is 24.5 Å². The van der Waals surface area contributed by atoms with E-state index in [2.05, 4.69) is 0 Å². The molecule has 94 valence electrons. The van der Waals surface area contributed by atoms with Crippen molar-refractivity contribution >= 4 is 11.9 Å². The van der Waals surface area contributed by atoms with E-state index in [0.717, 1.165) is 11.1 Å². The number of carboxylic acids is 1. The molecule has 1 N–H and O–H groups in total. The summed E-state index contributed by atoms with van der Waals surface area (Å²) in [6.07, 6.45) is 0.396. The van der Waals surface area contributed by atoms with E-state index < -0.39 is 11.4 Å². The third-order valence-corrected chi connectivity index (χ3v) is 4.42.